The van der Waals surface area contributed by atoms with Gasteiger partial charge in [0.05, 0.1) is 5.69 Å². The fraction of sp³-hybridized carbons (Fsp3) is 0.368. The number of aromatic nitrogens is 4. The van der Waals surface area contributed by atoms with Crippen molar-refractivity contribution in [3.8, 4) is 17.0 Å². The summed E-state index contributed by atoms with van der Waals surface area (Å²) in [7, 11) is 0. The minimum atomic E-state index is 0.0946. The Morgan fingerprint density at radius 3 is 2.52 bits per heavy atom. The Hall–Kier alpha value is -3.16. The van der Waals surface area contributed by atoms with E-state index in [9.17, 15) is 9.90 Å². The molecule has 27 heavy (non-hydrogen) atoms. The first-order valence-electron chi connectivity index (χ1n) is 8.97. The third-order valence-electron chi connectivity index (χ3n) is 4.92. The lowest BCUT2D eigenvalue weighted by atomic mass is 10.0. The van der Waals surface area contributed by atoms with Gasteiger partial charge in [0.2, 0.25) is 11.9 Å². The molecule has 1 saturated heterocycles. The first-order chi connectivity index (χ1) is 12.9. The van der Waals surface area contributed by atoms with E-state index < -0.39 is 0 Å². The number of benzene rings is 1. The standard InChI is InChI=1S/C19H22N6O2/c1-12-10-13(2)17(16(27)11-12)15-4-5-25-18(20-15)21-19(22-25)24-8-6-23(7-9-24)14(3)26/h4-5,10-11,27H,6-9H2,1-3H3. The molecule has 3 aromatic rings. The molecule has 0 atom stereocenters. The zero-order valence-corrected chi connectivity index (χ0v) is 15.7. The molecule has 0 radical (unpaired) electrons. The summed E-state index contributed by atoms with van der Waals surface area (Å²) in [5, 5.41) is 14.9. The van der Waals surface area contributed by atoms with Gasteiger partial charge in [-0.2, -0.15) is 4.98 Å². The summed E-state index contributed by atoms with van der Waals surface area (Å²) in [6.07, 6.45) is 1.80. The fourth-order valence-corrected chi connectivity index (χ4v) is 3.54. The number of piperazine rings is 1. The monoisotopic (exact) mass is 366 g/mol. The van der Waals surface area contributed by atoms with E-state index >= 15 is 0 Å². The maximum atomic E-state index is 11.5. The van der Waals surface area contributed by atoms with E-state index in [1.807, 2.05) is 30.9 Å². The third-order valence-corrected chi connectivity index (χ3v) is 4.92. The lowest BCUT2D eigenvalue weighted by molar-refractivity contribution is -0.129. The van der Waals surface area contributed by atoms with Gasteiger partial charge in [-0.15, -0.1) is 5.10 Å². The van der Waals surface area contributed by atoms with Crippen molar-refractivity contribution in [2.24, 2.45) is 0 Å². The number of rotatable bonds is 2. The van der Waals surface area contributed by atoms with Gasteiger partial charge in [-0.25, -0.2) is 9.50 Å². The van der Waals surface area contributed by atoms with Gasteiger partial charge in [0.1, 0.15) is 5.75 Å². The van der Waals surface area contributed by atoms with E-state index in [1.165, 1.54) is 0 Å². The molecule has 0 bridgehead atoms. The molecule has 1 aliphatic heterocycles. The molecule has 0 aliphatic carbocycles. The molecule has 2 aromatic heterocycles. The van der Waals surface area contributed by atoms with Crippen LogP contribution >= 0.6 is 0 Å². The Balaban J connectivity index is 1.64. The number of aryl methyl sites for hydroxylation is 2. The van der Waals surface area contributed by atoms with E-state index in [0.717, 1.165) is 11.1 Å². The van der Waals surface area contributed by atoms with Gasteiger partial charge in [0.25, 0.3) is 5.78 Å². The molecule has 1 aliphatic rings. The molecule has 1 aromatic carbocycles. The quantitative estimate of drug-likeness (QED) is 0.744. The molecule has 1 amide bonds. The van der Waals surface area contributed by atoms with Crippen molar-refractivity contribution in [1.29, 1.82) is 0 Å². The van der Waals surface area contributed by atoms with Gasteiger partial charge in [0, 0.05) is 44.9 Å². The van der Waals surface area contributed by atoms with Crippen LogP contribution in [0.1, 0.15) is 18.1 Å². The summed E-state index contributed by atoms with van der Waals surface area (Å²) in [5.74, 6) is 1.39. The molecule has 8 nitrogen and oxygen atoms in total. The third kappa shape index (κ3) is 3.18. The van der Waals surface area contributed by atoms with Crippen LogP contribution in [0.2, 0.25) is 0 Å². The van der Waals surface area contributed by atoms with Gasteiger partial charge >= 0.3 is 0 Å². The highest BCUT2D eigenvalue weighted by Crippen LogP contribution is 2.32. The average molecular weight is 366 g/mol. The van der Waals surface area contributed by atoms with Crippen molar-refractivity contribution < 1.29 is 9.90 Å². The van der Waals surface area contributed by atoms with Crippen molar-refractivity contribution in [2.75, 3.05) is 31.1 Å². The van der Waals surface area contributed by atoms with Crippen LogP contribution in [0.25, 0.3) is 17.0 Å². The van der Waals surface area contributed by atoms with Gasteiger partial charge < -0.3 is 14.9 Å². The molecule has 0 saturated carbocycles. The number of phenolic OH excluding ortho intramolecular Hbond substituents is 1. The summed E-state index contributed by atoms with van der Waals surface area (Å²) in [6.45, 7) is 8.22. The molecule has 8 heteroatoms. The molecule has 3 heterocycles. The van der Waals surface area contributed by atoms with Crippen LogP contribution in [0.5, 0.6) is 5.75 Å². The van der Waals surface area contributed by atoms with Crippen LogP contribution in [0.4, 0.5) is 5.95 Å². The molecule has 1 N–H and O–H groups in total. The molecule has 0 spiro atoms. The Labute approximate surface area is 157 Å². The van der Waals surface area contributed by atoms with E-state index in [0.29, 0.717) is 49.2 Å². The number of carbonyl (C=O) groups is 1. The number of carbonyl (C=O) groups excluding carboxylic acids is 1. The Morgan fingerprint density at radius 2 is 1.85 bits per heavy atom. The van der Waals surface area contributed by atoms with Crippen molar-refractivity contribution in [3.05, 3.63) is 35.5 Å². The number of fused-ring (bicyclic) bond motifs is 1. The molecule has 1 fully saturated rings. The number of hydrogen-bond donors (Lipinski definition) is 1. The second kappa shape index (κ2) is 6.53. The Kier molecular flexibility index (Phi) is 4.18. The van der Waals surface area contributed by atoms with E-state index in [1.54, 1.807) is 23.7 Å². The van der Waals surface area contributed by atoms with Crippen LogP contribution < -0.4 is 4.90 Å². The molecular formula is C19H22N6O2. The minimum absolute atomic E-state index is 0.0946. The van der Waals surface area contributed by atoms with E-state index in [4.69, 9.17) is 0 Å². The van der Waals surface area contributed by atoms with E-state index in [-0.39, 0.29) is 11.7 Å². The highest BCUT2D eigenvalue weighted by atomic mass is 16.3. The summed E-state index contributed by atoms with van der Waals surface area (Å²) < 4.78 is 1.64. The molecule has 140 valence electrons. The zero-order chi connectivity index (χ0) is 19.1. The van der Waals surface area contributed by atoms with Gasteiger partial charge in [-0.1, -0.05) is 6.07 Å². The number of hydrogen-bond acceptors (Lipinski definition) is 6. The minimum Gasteiger partial charge on any atom is -0.507 e. The van der Waals surface area contributed by atoms with Crippen molar-refractivity contribution >= 4 is 17.6 Å². The lowest BCUT2D eigenvalue weighted by Gasteiger charge is -2.33. The van der Waals surface area contributed by atoms with Crippen molar-refractivity contribution in [2.45, 2.75) is 20.8 Å². The van der Waals surface area contributed by atoms with E-state index in [2.05, 4.69) is 20.0 Å². The van der Waals surface area contributed by atoms with Gasteiger partial charge in [0.15, 0.2) is 0 Å². The van der Waals surface area contributed by atoms with Gasteiger partial charge in [-0.3, -0.25) is 4.79 Å². The van der Waals surface area contributed by atoms with Crippen molar-refractivity contribution in [1.82, 2.24) is 24.5 Å². The van der Waals surface area contributed by atoms with Crippen LogP contribution in [0, 0.1) is 13.8 Å². The van der Waals surface area contributed by atoms with Gasteiger partial charge in [-0.05, 0) is 37.1 Å². The topological polar surface area (TPSA) is 86.9 Å². The second-order valence-electron chi connectivity index (χ2n) is 6.94. The molecular weight excluding hydrogens is 344 g/mol. The molecule has 4 rings (SSSR count). The summed E-state index contributed by atoms with van der Waals surface area (Å²) in [4.78, 5) is 24.5. The maximum absolute atomic E-state index is 11.5. The van der Waals surface area contributed by atoms with Crippen LogP contribution in [0.15, 0.2) is 24.4 Å². The fourth-order valence-electron chi connectivity index (χ4n) is 3.54. The van der Waals surface area contributed by atoms with Crippen LogP contribution in [-0.4, -0.2) is 61.7 Å². The smallest absolute Gasteiger partial charge is 0.254 e. The number of amides is 1. The summed E-state index contributed by atoms with van der Waals surface area (Å²) >= 11 is 0. The van der Waals surface area contributed by atoms with Crippen LogP contribution in [0.3, 0.4) is 0 Å². The lowest BCUT2D eigenvalue weighted by Crippen LogP contribution is -2.48. The highest BCUT2D eigenvalue weighted by Gasteiger charge is 2.22. The summed E-state index contributed by atoms with van der Waals surface area (Å²) in [6, 6.07) is 5.58. The van der Waals surface area contributed by atoms with Crippen molar-refractivity contribution in [3.63, 3.8) is 0 Å². The number of nitrogens with zero attached hydrogens (tertiary/aromatic N) is 6. The second-order valence-corrected chi connectivity index (χ2v) is 6.94. The largest absolute Gasteiger partial charge is 0.507 e. The number of anilines is 1. The Morgan fingerprint density at radius 1 is 1.11 bits per heavy atom. The predicted octanol–water partition coefficient (Wildman–Crippen LogP) is 1.78. The molecule has 0 unspecified atom stereocenters. The van der Waals surface area contributed by atoms with Crippen LogP contribution in [-0.2, 0) is 4.79 Å². The Bertz CT molecular complexity index is 997. The normalized spacial score (nSPS) is 14.8. The highest BCUT2D eigenvalue weighted by molar-refractivity contribution is 5.73. The maximum Gasteiger partial charge on any atom is 0.254 e. The number of aromatic hydroxyl groups is 1. The SMILES string of the molecule is CC(=O)N1CCN(c2nc3nc(-c4c(C)cc(C)cc4O)ccn3n2)CC1. The predicted molar refractivity (Wildman–Crippen MR) is 102 cm³/mol. The zero-order valence-electron chi connectivity index (χ0n) is 15.7. The summed E-state index contributed by atoms with van der Waals surface area (Å²) in [5.41, 5.74) is 3.34. The first-order valence-corrected chi connectivity index (χ1v) is 8.97. The first kappa shape index (κ1) is 17.3. The average Bonchev–Trinajstić information content (AvgIpc) is 3.04. The number of phenols is 1.